The van der Waals surface area contributed by atoms with Crippen LogP contribution < -0.4 is 10.1 Å². The molecule has 112 valence electrons. The predicted molar refractivity (Wildman–Crippen MR) is 84.9 cm³/mol. The van der Waals surface area contributed by atoms with Gasteiger partial charge in [-0.3, -0.25) is 4.79 Å². The molecule has 1 amide bonds. The summed E-state index contributed by atoms with van der Waals surface area (Å²) < 4.78 is 11.2. The minimum atomic E-state index is -0.140. The van der Waals surface area contributed by atoms with E-state index in [1.54, 1.807) is 0 Å². The van der Waals surface area contributed by atoms with Gasteiger partial charge in [-0.15, -0.1) is 0 Å². The minimum Gasteiger partial charge on any atom is -0.497 e. The lowest BCUT2D eigenvalue weighted by Crippen LogP contribution is -2.14. The Labute approximate surface area is 129 Å². The summed E-state index contributed by atoms with van der Waals surface area (Å²) in [6.45, 7) is 2.38. The molecule has 22 heavy (non-hydrogen) atoms. The lowest BCUT2D eigenvalue weighted by atomic mass is 10.1. The van der Waals surface area contributed by atoms with Crippen LogP contribution in [0.4, 0.5) is 5.69 Å². The fourth-order valence-electron chi connectivity index (χ4n) is 2.31. The standard InChI is InChI=1S/C18H17NO3/c1-13-15(11-12-21-13)18(20)19-16-9-5-6-10-17(16)22-14-7-3-2-4-8-14/h2-10H,11-12H2,1H3,(H,19,20). The summed E-state index contributed by atoms with van der Waals surface area (Å²) in [4.78, 5) is 12.3. The largest absolute Gasteiger partial charge is 0.497 e. The van der Waals surface area contributed by atoms with Gasteiger partial charge in [0.15, 0.2) is 5.75 Å². The number of para-hydroxylation sites is 3. The summed E-state index contributed by atoms with van der Waals surface area (Å²) >= 11 is 0. The number of carbonyl (C=O) groups is 1. The van der Waals surface area contributed by atoms with Gasteiger partial charge in [0.05, 0.1) is 17.9 Å². The Hall–Kier alpha value is -2.75. The Balaban J connectivity index is 1.80. The first-order valence-electron chi connectivity index (χ1n) is 7.20. The molecule has 1 aliphatic rings. The molecule has 0 radical (unpaired) electrons. The van der Waals surface area contributed by atoms with Crippen molar-refractivity contribution in [2.45, 2.75) is 13.3 Å². The molecule has 1 aliphatic heterocycles. The number of nitrogens with one attached hydrogen (secondary N) is 1. The van der Waals surface area contributed by atoms with Gasteiger partial charge < -0.3 is 14.8 Å². The summed E-state index contributed by atoms with van der Waals surface area (Å²) in [6.07, 6.45) is 0.638. The highest BCUT2D eigenvalue weighted by atomic mass is 16.5. The Morgan fingerprint density at radius 2 is 1.82 bits per heavy atom. The van der Waals surface area contributed by atoms with Crippen LogP contribution >= 0.6 is 0 Å². The van der Waals surface area contributed by atoms with E-state index < -0.39 is 0 Å². The maximum absolute atomic E-state index is 12.3. The topological polar surface area (TPSA) is 47.6 Å². The van der Waals surface area contributed by atoms with E-state index >= 15 is 0 Å². The second-order valence-electron chi connectivity index (χ2n) is 5.00. The van der Waals surface area contributed by atoms with Gasteiger partial charge in [0.25, 0.3) is 5.91 Å². The van der Waals surface area contributed by atoms with Crippen LogP contribution in [0.2, 0.25) is 0 Å². The molecular weight excluding hydrogens is 278 g/mol. The predicted octanol–water partition coefficient (Wildman–Crippen LogP) is 4.11. The van der Waals surface area contributed by atoms with Gasteiger partial charge in [0, 0.05) is 6.42 Å². The third kappa shape index (κ3) is 3.11. The lowest BCUT2D eigenvalue weighted by Gasteiger charge is -2.12. The number of carbonyl (C=O) groups excluding carboxylic acids is 1. The SMILES string of the molecule is CC1=C(C(=O)Nc2ccccc2Oc2ccccc2)CCO1. The number of rotatable bonds is 4. The third-order valence-electron chi connectivity index (χ3n) is 3.48. The van der Waals surface area contributed by atoms with Crippen LogP contribution in [0.3, 0.4) is 0 Å². The minimum absolute atomic E-state index is 0.140. The second kappa shape index (κ2) is 6.35. The average Bonchev–Trinajstić information content (AvgIpc) is 2.96. The smallest absolute Gasteiger partial charge is 0.255 e. The molecule has 1 heterocycles. The van der Waals surface area contributed by atoms with E-state index in [1.807, 2.05) is 61.5 Å². The molecule has 0 saturated carbocycles. The van der Waals surface area contributed by atoms with Crippen LogP contribution in [0.5, 0.6) is 11.5 Å². The van der Waals surface area contributed by atoms with Crippen LogP contribution in [-0.4, -0.2) is 12.5 Å². The van der Waals surface area contributed by atoms with Crippen molar-refractivity contribution in [2.24, 2.45) is 0 Å². The Bertz CT molecular complexity index is 707. The number of amides is 1. The van der Waals surface area contributed by atoms with Crippen LogP contribution in [0.15, 0.2) is 65.9 Å². The van der Waals surface area contributed by atoms with Crippen molar-refractivity contribution in [3.8, 4) is 11.5 Å². The Morgan fingerprint density at radius 1 is 1.09 bits per heavy atom. The molecule has 1 N–H and O–H groups in total. The molecule has 4 nitrogen and oxygen atoms in total. The highest BCUT2D eigenvalue weighted by Gasteiger charge is 2.20. The zero-order chi connectivity index (χ0) is 15.4. The van der Waals surface area contributed by atoms with E-state index in [1.165, 1.54) is 0 Å². The lowest BCUT2D eigenvalue weighted by molar-refractivity contribution is -0.113. The van der Waals surface area contributed by atoms with E-state index in [4.69, 9.17) is 9.47 Å². The molecule has 0 aromatic heterocycles. The summed E-state index contributed by atoms with van der Waals surface area (Å²) in [5, 5.41) is 2.90. The van der Waals surface area contributed by atoms with Gasteiger partial charge in [0.1, 0.15) is 11.5 Å². The van der Waals surface area contributed by atoms with Gasteiger partial charge in [-0.25, -0.2) is 0 Å². The van der Waals surface area contributed by atoms with E-state index in [0.29, 0.717) is 35.8 Å². The van der Waals surface area contributed by atoms with Gasteiger partial charge >= 0.3 is 0 Å². The number of benzene rings is 2. The molecule has 0 saturated heterocycles. The van der Waals surface area contributed by atoms with Gasteiger partial charge in [-0.2, -0.15) is 0 Å². The normalized spacial score (nSPS) is 13.7. The summed E-state index contributed by atoms with van der Waals surface area (Å²) in [5.74, 6) is 1.89. The van der Waals surface area contributed by atoms with Gasteiger partial charge in [-0.05, 0) is 31.2 Å². The van der Waals surface area contributed by atoms with Crippen LogP contribution in [-0.2, 0) is 9.53 Å². The molecule has 0 spiro atoms. The van der Waals surface area contributed by atoms with Gasteiger partial charge in [0.2, 0.25) is 0 Å². The number of ether oxygens (including phenoxy) is 2. The molecule has 4 heteroatoms. The fourth-order valence-corrected chi connectivity index (χ4v) is 2.31. The average molecular weight is 295 g/mol. The molecular formula is C18H17NO3. The van der Waals surface area contributed by atoms with Crippen molar-refractivity contribution >= 4 is 11.6 Å². The van der Waals surface area contributed by atoms with Crippen molar-refractivity contribution in [1.29, 1.82) is 0 Å². The summed E-state index contributed by atoms with van der Waals surface area (Å²) in [7, 11) is 0. The maximum Gasteiger partial charge on any atom is 0.255 e. The zero-order valence-electron chi connectivity index (χ0n) is 12.3. The molecule has 0 unspecified atom stereocenters. The fraction of sp³-hybridized carbons (Fsp3) is 0.167. The van der Waals surface area contributed by atoms with Crippen LogP contribution in [0.1, 0.15) is 13.3 Å². The molecule has 3 rings (SSSR count). The molecule has 0 fully saturated rings. The monoisotopic (exact) mass is 295 g/mol. The van der Waals surface area contributed by atoms with E-state index in [9.17, 15) is 4.79 Å². The van der Waals surface area contributed by atoms with Crippen molar-refractivity contribution in [2.75, 3.05) is 11.9 Å². The zero-order valence-corrected chi connectivity index (χ0v) is 12.3. The summed E-state index contributed by atoms with van der Waals surface area (Å²) in [6, 6.07) is 16.9. The van der Waals surface area contributed by atoms with E-state index in [2.05, 4.69) is 5.32 Å². The van der Waals surface area contributed by atoms with Crippen LogP contribution in [0.25, 0.3) is 0 Å². The molecule has 0 aliphatic carbocycles. The number of hydrogen-bond donors (Lipinski definition) is 1. The van der Waals surface area contributed by atoms with Crippen molar-refractivity contribution < 1.29 is 14.3 Å². The van der Waals surface area contributed by atoms with Crippen molar-refractivity contribution in [3.05, 3.63) is 65.9 Å². The van der Waals surface area contributed by atoms with Gasteiger partial charge in [-0.1, -0.05) is 30.3 Å². The first kappa shape index (κ1) is 14.2. The van der Waals surface area contributed by atoms with Crippen LogP contribution in [0, 0.1) is 0 Å². The number of anilines is 1. The Morgan fingerprint density at radius 3 is 2.55 bits per heavy atom. The van der Waals surface area contributed by atoms with Crippen molar-refractivity contribution in [3.63, 3.8) is 0 Å². The highest BCUT2D eigenvalue weighted by molar-refractivity contribution is 6.05. The summed E-state index contributed by atoms with van der Waals surface area (Å²) in [5.41, 5.74) is 1.33. The highest BCUT2D eigenvalue weighted by Crippen LogP contribution is 2.30. The molecule has 2 aromatic carbocycles. The van der Waals surface area contributed by atoms with Crippen molar-refractivity contribution in [1.82, 2.24) is 0 Å². The molecule has 0 bridgehead atoms. The second-order valence-corrected chi connectivity index (χ2v) is 5.00. The molecule has 0 atom stereocenters. The first-order valence-corrected chi connectivity index (χ1v) is 7.20. The number of allylic oxidation sites excluding steroid dienone is 1. The maximum atomic E-state index is 12.3. The first-order chi connectivity index (χ1) is 10.7. The molecule has 2 aromatic rings. The number of hydrogen-bond acceptors (Lipinski definition) is 3. The quantitative estimate of drug-likeness (QED) is 0.923. The Kier molecular flexibility index (Phi) is 4.10. The third-order valence-corrected chi connectivity index (χ3v) is 3.48. The van der Waals surface area contributed by atoms with E-state index in [0.717, 1.165) is 5.75 Å². The van der Waals surface area contributed by atoms with E-state index in [-0.39, 0.29) is 5.91 Å².